The number of aryl methyl sites for hydroxylation is 2. The van der Waals surface area contributed by atoms with E-state index in [4.69, 9.17) is 0 Å². The van der Waals surface area contributed by atoms with E-state index in [0.717, 1.165) is 11.1 Å². The first-order valence-corrected chi connectivity index (χ1v) is 9.82. The van der Waals surface area contributed by atoms with Gasteiger partial charge < -0.3 is 0 Å². The topological polar surface area (TPSA) is 86.5 Å². The molecule has 0 N–H and O–H groups in total. The van der Waals surface area contributed by atoms with Crippen LogP contribution >= 0.6 is 11.3 Å². The number of Topliss-reactive ketones (excluding diaryl/α,β-unsaturated/α-hetero) is 1. The van der Waals surface area contributed by atoms with Crippen LogP contribution in [-0.2, 0) is 13.0 Å². The Bertz CT molecular complexity index is 1120. The van der Waals surface area contributed by atoms with E-state index in [1.807, 2.05) is 12.1 Å². The molecular formula is C20H17FN6OS. The molecule has 146 valence electrons. The van der Waals surface area contributed by atoms with Crippen molar-refractivity contribution in [2.75, 3.05) is 0 Å². The number of carbonyl (C=O) groups is 1. The Balaban J connectivity index is 1.45. The van der Waals surface area contributed by atoms with Gasteiger partial charge in [-0.25, -0.2) is 9.37 Å². The lowest BCUT2D eigenvalue weighted by atomic mass is 10.1. The zero-order valence-electron chi connectivity index (χ0n) is 15.6. The minimum Gasteiger partial charge on any atom is -0.293 e. The molecule has 0 radical (unpaired) electrons. The third kappa shape index (κ3) is 4.57. The summed E-state index contributed by atoms with van der Waals surface area (Å²) in [6, 6.07) is 9.93. The smallest absolute Gasteiger partial charge is 0.233 e. The number of pyridine rings is 1. The zero-order chi connectivity index (χ0) is 20.2. The van der Waals surface area contributed by atoms with E-state index in [1.165, 1.54) is 28.3 Å². The molecule has 0 unspecified atom stereocenters. The first-order chi connectivity index (χ1) is 14.1. The van der Waals surface area contributed by atoms with Gasteiger partial charge in [0, 0.05) is 18.8 Å². The number of ketones is 1. The molecule has 0 saturated carbocycles. The molecule has 4 rings (SSSR count). The minimum absolute atomic E-state index is 0.0359. The van der Waals surface area contributed by atoms with Crippen LogP contribution in [0.2, 0.25) is 0 Å². The number of halogens is 1. The maximum Gasteiger partial charge on any atom is 0.233 e. The van der Waals surface area contributed by atoms with Crippen LogP contribution in [0.4, 0.5) is 4.39 Å². The quantitative estimate of drug-likeness (QED) is 0.435. The molecule has 0 aliphatic rings. The van der Waals surface area contributed by atoms with E-state index >= 15 is 0 Å². The lowest BCUT2D eigenvalue weighted by Crippen LogP contribution is -2.03. The van der Waals surface area contributed by atoms with E-state index in [2.05, 4.69) is 25.4 Å². The lowest BCUT2D eigenvalue weighted by molar-refractivity contribution is 0.0986. The summed E-state index contributed by atoms with van der Waals surface area (Å²) in [6.07, 6.45) is 4.49. The second-order valence-electron chi connectivity index (χ2n) is 6.49. The molecular weight excluding hydrogens is 391 g/mol. The van der Waals surface area contributed by atoms with Crippen molar-refractivity contribution in [1.82, 2.24) is 30.2 Å². The summed E-state index contributed by atoms with van der Waals surface area (Å²) in [7, 11) is 0. The third-order valence-electron chi connectivity index (χ3n) is 4.29. The number of nitrogens with zero attached hydrogens (tertiary/aromatic N) is 6. The number of tetrazole rings is 1. The van der Waals surface area contributed by atoms with Gasteiger partial charge in [-0.3, -0.25) is 9.78 Å². The fourth-order valence-electron chi connectivity index (χ4n) is 2.82. The molecule has 0 bridgehead atoms. The SMILES string of the molecule is Cc1nc(-c2nnn(Cc3ccc(F)cc3)n2)sc1C(=O)CCc1cccnc1. The number of carbonyl (C=O) groups excluding carboxylic acids is 1. The summed E-state index contributed by atoms with van der Waals surface area (Å²) in [5.74, 6) is 0.111. The lowest BCUT2D eigenvalue weighted by Gasteiger charge is -1.99. The molecule has 0 aliphatic carbocycles. The highest BCUT2D eigenvalue weighted by Crippen LogP contribution is 2.26. The Morgan fingerprint density at radius 1 is 1.17 bits per heavy atom. The van der Waals surface area contributed by atoms with E-state index in [1.54, 1.807) is 31.5 Å². The average molecular weight is 408 g/mol. The number of benzene rings is 1. The molecule has 4 aromatic rings. The second kappa shape index (κ2) is 8.36. The third-order valence-corrected chi connectivity index (χ3v) is 5.49. The molecule has 0 saturated heterocycles. The van der Waals surface area contributed by atoms with Crippen molar-refractivity contribution in [2.24, 2.45) is 0 Å². The number of rotatable bonds is 7. The van der Waals surface area contributed by atoms with Gasteiger partial charge in [0.15, 0.2) is 10.8 Å². The molecule has 1 aromatic carbocycles. The first-order valence-electron chi connectivity index (χ1n) is 9.00. The van der Waals surface area contributed by atoms with Crippen molar-refractivity contribution in [2.45, 2.75) is 26.3 Å². The maximum atomic E-state index is 13.0. The molecule has 9 heteroatoms. The standard InChI is InChI=1S/C20H17FN6OS/c1-13-18(17(28)9-6-14-3-2-10-22-11-14)29-20(23-13)19-24-26-27(25-19)12-15-4-7-16(21)8-5-15/h2-5,7-8,10-11H,6,9,12H2,1H3. The van der Waals surface area contributed by atoms with Gasteiger partial charge in [0.05, 0.1) is 17.1 Å². The molecule has 7 nitrogen and oxygen atoms in total. The van der Waals surface area contributed by atoms with Gasteiger partial charge in [-0.15, -0.1) is 21.5 Å². The molecule has 0 fully saturated rings. The predicted octanol–water partition coefficient (Wildman–Crippen LogP) is 3.50. The second-order valence-corrected chi connectivity index (χ2v) is 7.49. The Kier molecular flexibility index (Phi) is 5.48. The molecule has 0 aliphatic heterocycles. The van der Waals surface area contributed by atoms with Crippen molar-refractivity contribution < 1.29 is 9.18 Å². The molecule has 3 heterocycles. The highest BCUT2D eigenvalue weighted by Gasteiger charge is 2.19. The van der Waals surface area contributed by atoms with E-state index < -0.39 is 0 Å². The summed E-state index contributed by atoms with van der Waals surface area (Å²) in [5.41, 5.74) is 2.54. The fraction of sp³-hybridized carbons (Fsp3) is 0.200. The Morgan fingerprint density at radius 2 is 2.00 bits per heavy atom. The Morgan fingerprint density at radius 3 is 2.76 bits per heavy atom. The largest absolute Gasteiger partial charge is 0.293 e. The van der Waals surface area contributed by atoms with Gasteiger partial charge in [0.1, 0.15) is 5.82 Å². The van der Waals surface area contributed by atoms with Crippen LogP contribution in [0.1, 0.15) is 32.9 Å². The number of aromatic nitrogens is 6. The van der Waals surface area contributed by atoms with Crippen molar-refractivity contribution in [3.63, 3.8) is 0 Å². The van der Waals surface area contributed by atoms with Crippen molar-refractivity contribution in [3.05, 3.63) is 76.3 Å². The van der Waals surface area contributed by atoms with Gasteiger partial charge in [0.25, 0.3) is 0 Å². The van der Waals surface area contributed by atoms with E-state index in [9.17, 15) is 9.18 Å². The molecule has 29 heavy (non-hydrogen) atoms. The van der Waals surface area contributed by atoms with Crippen molar-refractivity contribution >= 4 is 17.1 Å². The maximum absolute atomic E-state index is 13.0. The van der Waals surface area contributed by atoms with Crippen LogP contribution in [0.5, 0.6) is 0 Å². The number of hydrogen-bond donors (Lipinski definition) is 0. The average Bonchev–Trinajstić information content (AvgIpc) is 3.35. The van der Waals surface area contributed by atoms with E-state index in [-0.39, 0.29) is 11.6 Å². The first kappa shape index (κ1) is 19.0. The molecule has 0 atom stereocenters. The summed E-state index contributed by atoms with van der Waals surface area (Å²) < 4.78 is 13.0. The molecule has 0 amide bonds. The predicted molar refractivity (Wildman–Crippen MR) is 106 cm³/mol. The van der Waals surface area contributed by atoms with Crippen LogP contribution in [0, 0.1) is 12.7 Å². The zero-order valence-corrected chi connectivity index (χ0v) is 16.4. The van der Waals surface area contributed by atoms with Crippen LogP contribution in [0.25, 0.3) is 10.8 Å². The van der Waals surface area contributed by atoms with Gasteiger partial charge in [-0.1, -0.05) is 18.2 Å². The normalized spacial score (nSPS) is 11.0. The monoisotopic (exact) mass is 408 g/mol. The Hall–Kier alpha value is -3.33. The summed E-state index contributed by atoms with van der Waals surface area (Å²) in [4.78, 5) is 23.2. The van der Waals surface area contributed by atoms with Gasteiger partial charge in [-0.2, -0.15) is 4.80 Å². The van der Waals surface area contributed by atoms with Crippen molar-refractivity contribution in [3.8, 4) is 10.8 Å². The molecule has 0 spiro atoms. The minimum atomic E-state index is -0.292. The summed E-state index contributed by atoms with van der Waals surface area (Å²) in [6.45, 7) is 2.18. The highest BCUT2D eigenvalue weighted by atomic mass is 32.1. The van der Waals surface area contributed by atoms with Crippen LogP contribution in [0.15, 0.2) is 48.8 Å². The van der Waals surface area contributed by atoms with Crippen molar-refractivity contribution in [1.29, 1.82) is 0 Å². The number of hydrogen-bond acceptors (Lipinski definition) is 7. The molecule has 3 aromatic heterocycles. The van der Waals surface area contributed by atoms with Crippen LogP contribution in [0.3, 0.4) is 0 Å². The summed E-state index contributed by atoms with van der Waals surface area (Å²) >= 11 is 1.27. The Labute approximate surface area is 170 Å². The van der Waals surface area contributed by atoms with Gasteiger partial charge in [-0.05, 0) is 47.9 Å². The van der Waals surface area contributed by atoms with E-state index in [0.29, 0.717) is 40.8 Å². The number of thiazole rings is 1. The van der Waals surface area contributed by atoms with Crippen LogP contribution in [-0.4, -0.2) is 36.0 Å². The fourth-order valence-corrected chi connectivity index (χ4v) is 3.78. The summed E-state index contributed by atoms with van der Waals surface area (Å²) in [5, 5.41) is 13.0. The highest BCUT2D eigenvalue weighted by molar-refractivity contribution is 7.17. The van der Waals surface area contributed by atoms with Gasteiger partial charge in [0.2, 0.25) is 5.82 Å². The van der Waals surface area contributed by atoms with Gasteiger partial charge >= 0.3 is 0 Å². The van der Waals surface area contributed by atoms with Crippen LogP contribution < -0.4 is 0 Å².